The Morgan fingerprint density at radius 2 is 1.88 bits per heavy atom. The second-order valence-corrected chi connectivity index (χ2v) is 9.54. The summed E-state index contributed by atoms with van der Waals surface area (Å²) in [5.41, 5.74) is 3.78. The number of rotatable bonds is 4. The number of nitrogens with zero attached hydrogens (tertiary/aromatic N) is 4. The number of fused-ring (bicyclic) bond motifs is 1. The lowest BCUT2D eigenvalue weighted by molar-refractivity contribution is 0.514. The Morgan fingerprint density at radius 1 is 1.09 bits per heavy atom. The average Bonchev–Trinajstić information content (AvgIpc) is 3.19. The highest BCUT2D eigenvalue weighted by Gasteiger charge is 2.23. The summed E-state index contributed by atoms with van der Waals surface area (Å²) in [5.74, 6) is 0.511. The van der Waals surface area contributed by atoms with Gasteiger partial charge in [0.25, 0.3) is 5.56 Å². The standard InChI is InChI=1S/C24H29BrN6O/c1-16-20-15-27-24(29-22(20)31(23(32)21(16)25)19-5-2-3-6-19)28-17-7-9-18(10-8-17)30-13-4-11-26-12-14-30/h7-10,15,19,26H,2-6,11-14H2,1H3,(H,27,28,29). The van der Waals surface area contributed by atoms with E-state index < -0.39 is 0 Å². The minimum absolute atomic E-state index is 0.00263. The van der Waals surface area contributed by atoms with Gasteiger partial charge in [0.05, 0.1) is 4.47 Å². The fourth-order valence-electron chi connectivity index (χ4n) is 4.85. The van der Waals surface area contributed by atoms with Crippen molar-refractivity contribution in [3.05, 3.63) is 50.9 Å². The van der Waals surface area contributed by atoms with E-state index in [9.17, 15) is 4.79 Å². The molecule has 8 heteroatoms. The molecule has 2 aliphatic rings. The van der Waals surface area contributed by atoms with Crippen LogP contribution in [0.2, 0.25) is 0 Å². The molecule has 2 N–H and O–H groups in total. The van der Waals surface area contributed by atoms with Crippen molar-refractivity contribution in [2.75, 3.05) is 36.4 Å². The van der Waals surface area contributed by atoms with E-state index >= 15 is 0 Å². The number of pyridine rings is 1. The number of nitrogens with one attached hydrogen (secondary N) is 2. The summed E-state index contributed by atoms with van der Waals surface area (Å²) < 4.78 is 2.49. The van der Waals surface area contributed by atoms with Crippen molar-refractivity contribution in [1.82, 2.24) is 19.9 Å². The lowest BCUT2D eigenvalue weighted by atomic mass is 10.1. The maximum Gasteiger partial charge on any atom is 0.267 e. The number of halogens is 1. The van der Waals surface area contributed by atoms with Gasteiger partial charge in [-0.25, -0.2) is 4.98 Å². The molecule has 2 aromatic heterocycles. The van der Waals surface area contributed by atoms with Gasteiger partial charge in [0.1, 0.15) is 5.65 Å². The van der Waals surface area contributed by atoms with Crippen LogP contribution in [-0.2, 0) is 0 Å². The zero-order valence-electron chi connectivity index (χ0n) is 18.4. The van der Waals surface area contributed by atoms with Crippen LogP contribution in [0, 0.1) is 6.92 Å². The van der Waals surface area contributed by atoms with Crippen molar-refractivity contribution < 1.29 is 0 Å². The summed E-state index contributed by atoms with van der Waals surface area (Å²) in [7, 11) is 0. The molecule has 5 rings (SSSR count). The maximum atomic E-state index is 13.1. The highest BCUT2D eigenvalue weighted by atomic mass is 79.9. The number of anilines is 3. The SMILES string of the molecule is Cc1c(Br)c(=O)n(C2CCCC2)c2nc(Nc3ccc(N4CCCNCC4)cc3)ncc12. The summed E-state index contributed by atoms with van der Waals surface area (Å²) in [6.07, 6.45) is 7.33. The van der Waals surface area contributed by atoms with Crippen LogP contribution < -0.4 is 21.1 Å². The number of aryl methyl sites for hydroxylation is 1. The molecule has 3 heterocycles. The second kappa shape index (κ2) is 9.19. The normalized spacial score (nSPS) is 17.6. The van der Waals surface area contributed by atoms with Gasteiger partial charge in [0, 0.05) is 48.6 Å². The summed E-state index contributed by atoms with van der Waals surface area (Å²) in [6, 6.07) is 8.62. The van der Waals surface area contributed by atoms with Gasteiger partial charge in [-0.2, -0.15) is 4.98 Å². The molecule has 0 unspecified atom stereocenters. The third kappa shape index (κ3) is 4.13. The van der Waals surface area contributed by atoms with Crippen molar-refractivity contribution in [1.29, 1.82) is 0 Å². The van der Waals surface area contributed by atoms with E-state index in [0.717, 1.165) is 74.9 Å². The number of hydrogen-bond acceptors (Lipinski definition) is 6. The van der Waals surface area contributed by atoms with Gasteiger partial charge in [-0.15, -0.1) is 0 Å². The molecule has 0 bridgehead atoms. The third-order valence-electron chi connectivity index (χ3n) is 6.66. The lowest BCUT2D eigenvalue weighted by Gasteiger charge is -2.22. The molecule has 0 radical (unpaired) electrons. The molecule has 1 aliphatic carbocycles. The summed E-state index contributed by atoms with van der Waals surface area (Å²) in [4.78, 5) is 24.9. The zero-order valence-corrected chi connectivity index (χ0v) is 20.0. The first-order valence-electron chi connectivity index (χ1n) is 11.5. The molecule has 0 atom stereocenters. The van der Waals surface area contributed by atoms with E-state index in [1.54, 1.807) is 0 Å². The van der Waals surface area contributed by atoms with E-state index in [4.69, 9.17) is 4.98 Å². The first-order chi connectivity index (χ1) is 15.6. The van der Waals surface area contributed by atoms with Gasteiger partial charge >= 0.3 is 0 Å². The quantitative estimate of drug-likeness (QED) is 0.552. The third-order valence-corrected chi connectivity index (χ3v) is 7.59. The smallest absolute Gasteiger partial charge is 0.267 e. The van der Waals surface area contributed by atoms with Crippen molar-refractivity contribution >= 4 is 44.3 Å². The van der Waals surface area contributed by atoms with Gasteiger partial charge in [-0.05, 0) is 78.5 Å². The Balaban J connectivity index is 1.45. The maximum absolute atomic E-state index is 13.1. The molecule has 1 saturated heterocycles. The number of aromatic nitrogens is 3. The molecule has 1 saturated carbocycles. The topological polar surface area (TPSA) is 75.1 Å². The fourth-order valence-corrected chi connectivity index (χ4v) is 5.26. The van der Waals surface area contributed by atoms with E-state index in [-0.39, 0.29) is 11.6 Å². The number of benzene rings is 1. The number of hydrogen-bond donors (Lipinski definition) is 2. The van der Waals surface area contributed by atoms with Crippen molar-refractivity contribution in [3.8, 4) is 0 Å². The van der Waals surface area contributed by atoms with Gasteiger partial charge in [0.2, 0.25) is 5.95 Å². The Bertz CT molecular complexity index is 1160. The molecule has 1 aliphatic heterocycles. The van der Waals surface area contributed by atoms with Crippen molar-refractivity contribution in [3.63, 3.8) is 0 Å². The highest BCUT2D eigenvalue weighted by molar-refractivity contribution is 9.10. The first-order valence-corrected chi connectivity index (χ1v) is 12.3. The molecular formula is C24H29BrN6O. The summed E-state index contributed by atoms with van der Waals surface area (Å²) in [5, 5.41) is 7.69. The van der Waals surface area contributed by atoms with E-state index in [1.807, 2.05) is 17.7 Å². The monoisotopic (exact) mass is 496 g/mol. The molecule has 32 heavy (non-hydrogen) atoms. The van der Waals surface area contributed by atoms with Gasteiger partial charge in [-0.3, -0.25) is 9.36 Å². The molecule has 3 aromatic rings. The van der Waals surface area contributed by atoms with E-state index in [1.165, 1.54) is 5.69 Å². The van der Waals surface area contributed by atoms with Crippen LogP contribution in [0.4, 0.5) is 17.3 Å². The largest absolute Gasteiger partial charge is 0.370 e. The Morgan fingerprint density at radius 3 is 2.66 bits per heavy atom. The molecule has 0 spiro atoms. The fraction of sp³-hybridized carbons (Fsp3) is 0.458. The Labute approximate surface area is 196 Å². The van der Waals surface area contributed by atoms with Gasteiger partial charge in [-0.1, -0.05) is 12.8 Å². The van der Waals surface area contributed by atoms with Gasteiger partial charge in [0.15, 0.2) is 0 Å². The molecule has 168 valence electrons. The Kier molecular flexibility index (Phi) is 6.15. The van der Waals surface area contributed by atoms with Crippen LogP contribution in [-0.4, -0.2) is 40.7 Å². The summed E-state index contributed by atoms with van der Waals surface area (Å²) >= 11 is 3.50. The average molecular weight is 497 g/mol. The Hall–Kier alpha value is -2.45. The van der Waals surface area contributed by atoms with E-state index in [0.29, 0.717) is 16.1 Å². The van der Waals surface area contributed by atoms with Crippen LogP contribution in [0.15, 0.2) is 39.7 Å². The summed E-state index contributed by atoms with van der Waals surface area (Å²) in [6.45, 7) is 6.14. The zero-order chi connectivity index (χ0) is 22.1. The molecule has 7 nitrogen and oxygen atoms in total. The molecule has 2 fully saturated rings. The van der Waals surface area contributed by atoms with Gasteiger partial charge < -0.3 is 15.5 Å². The molecule has 1 aromatic carbocycles. The molecular weight excluding hydrogens is 468 g/mol. The van der Waals surface area contributed by atoms with Crippen LogP contribution in [0.5, 0.6) is 0 Å². The minimum atomic E-state index is 0.00263. The first kappa shape index (κ1) is 21.4. The van der Waals surface area contributed by atoms with Crippen LogP contribution in [0.25, 0.3) is 11.0 Å². The minimum Gasteiger partial charge on any atom is -0.370 e. The van der Waals surface area contributed by atoms with Crippen molar-refractivity contribution in [2.45, 2.75) is 45.1 Å². The van der Waals surface area contributed by atoms with Crippen LogP contribution in [0.1, 0.15) is 43.7 Å². The predicted molar refractivity (Wildman–Crippen MR) is 133 cm³/mol. The van der Waals surface area contributed by atoms with Crippen LogP contribution in [0.3, 0.4) is 0 Å². The van der Waals surface area contributed by atoms with Crippen molar-refractivity contribution in [2.24, 2.45) is 0 Å². The lowest BCUT2D eigenvalue weighted by Crippen LogP contribution is -2.27. The molecule has 0 amide bonds. The second-order valence-electron chi connectivity index (χ2n) is 8.75. The van der Waals surface area contributed by atoms with Crippen LogP contribution >= 0.6 is 15.9 Å². The van der Waals surface area contributed by atoms with E-state index in [2.05, 4.69) is 60.7 Å². The highest BCUT2D eigenvalue weighted by Crippen LogP contribution is 2.32. The predicted octanol–water partition coefficient (Wildman–Crippen LogP) is 4.52.